The second-order valence-corrected chi connectivity index (χ2v) is 5.39. The lowest BCUT2D eigenvalue weighted by atomic mass is 10.1. The van der Waals surface area contributed by atoms with Gasteiger partial charge < -0.3 is 9.64 Å². The molecule has 0 radical (unpaired) electrons. The van der Waals surface area contributed by atoms with E-state index in [0.717, 1.165) is 25.9 Å². The summed E-state index contributed by atoms with van der Waals surface area (Å²) < 4.78 is 5.62. The number of amides is 1. The Morgan fingerprint density at radius 2 is 2.26 bits per heavy atom. The maximum atomic E-state index is 12.3. The minimum Gasteiger partial charge on any atom is -0.376 e. The third-order valence-corrected chi connectivity index (χ3v) is 3.64. The van der Waals surface area contributed by atoms with Crippen LogP contribution in [0.15, 0.2) is 12.1 Å². The van der Waals surface area contributed by atoms with E-state index in [2.05, 4.69) is 4.98 Å². The smallest absolute Gasteiger partial charge is 0.256 e. The van der Waals surface area contributed by atoms with Crippen LogP contribution in [0, 0.1) is 0 Å². The molecule has 0 aromatic carbocycles. The fraction of sp³-hybridized carbons (Fsp3) is 0.538. The first-order valence-corrected chi connectivity index (χ1v) is 7.02. The van der Waals surface area contributed by atoms with Crippen molar-refractivity contribution in [1.29, 1.82) is 0 Å². The zero-order chi connectivity index (χ0) is 13.8. The number of hydrogen-bond acceptors (Lipinski definition) is 3. The molecule has 0 saturated carbocycles. The highest BCUT2D eigenvalue weighted by molar-refractivity contribution is 6.34. The van der Waals surface area contributed by atoms with Crippen LogP contribution in [-0.4, -0.2) is 42.1 Å². The molecule has 1 unspecified atom stereocenters. The Labute approximate surface area is 122 Å². The van der Waals surface area contributed by atoms with Gasteiger partial charge in [0.1, 0.15) is 10.3 Å². The SMILES string of the molecule is CN(CC1CCCCO1)C(=O)c1ccc(Cl)nc1Cl. The summed E-state index contributed by atoms with van der Waals surface area (Å²) in [6, 6.07) is 3.16. The van der Waals surface area contributed by atoms with E-state index in [9.17, 15) is 4.79 Å². The van der Waals surface area contributed by atoms with Crippen LogP contribution in [0.5, 0.6) is 0 Å². The molecule has 19 heavy (non-hydrogen) atoms. The molecule has 0 bridgehead atoms. The number of carbonyl (C=O) groups is 1. The minimum absolute atomic E-state index is 0.113. The topological polar surface area (TPSA) is 42.4 Å². The van der Waals surface area contributed by atoms with Gasteiger partial charge in [0.25, 0.3) is 5.91 Å². The van der Waals surface area contributed by atoms with Gasteiger partial charge in [-0.3, -0.25) is 4.79 Å². The van der Waals surface area contributed by atoms with E-state index in [1.54, 1.807) is 24.1 Å². The van der Waals surface area contributed by atoms with Crippen molar-refractivity contribution in [3.63, 3.8) is 0 Å². The highest BCUT2D eigenvalue weighted by Gasteiger charge is 2.21. The maximum Gasteiger partial charge on any atom is 0.256 e. The van der Waals surface area contributed by atoms with Crippen LogP contribution in [0.3, 0.4) is 0 Å². The Balaban J connectivity index is 2.01. The van der Waals surface area contributed by atoms with E-state index in [1.165, 1.54) is 0 Å². The van der Waals surface area contributed by atoms with E-state index >= 15 is 0 Å². The summed E-state index contributed by atoms with van der Waals surface area (Å²) in [6.07, 6.45) is 3.35. The van der Waals surface area contributed by atoms with Gasteiger partial charge in [-0.25, -0.2) is 4.98 Å². The summed E-state index contributed by atoms with van der Waals surface area (Å²) in [6.45, 7) is 1.34. The van der Waals surface area contributed by atoms with Crippen molar-refractivity contribution in [3.05, 3.63) is 28.0 Å². The highest BCUT2D eigenvalue weighted by atomic mass is 35.5. The maximum absolute atomic E-state index is 12.3. The molecule has 0 aliphatic carbocycles. The third kappa shape index (κ3) is 3.81. The summed E-state index contributed by atoms with van der Waals surface area (Å²) in [5.41, 5.74) is 0.365. The predicted molar refractivity (Wildman–Crippen MR) is 74.8 cm³/mol. The number of nitrogens with zero attached hydrogens (tertiary/aromatic N) is 2. The van der Waals surface area contributed by atoms with E-state index in [0.29, 0.717) is 12.1 Å². The molecular weight excluding hydrogens is 287 g/mol. The monoisotopic (exact) mass is 302 g/mol. The Bertz CT molecular complexity index is 462. The van der Waals surface area contributed by atoms with Crippen LogP contribution < -0.4 is 0 Å². The average molecular weight is 303 g/mol. The lowest BCUT2D eigenvalue weighted by molar-refractivity contribution is -0.000192. The van der Waals surface area contributed by atoms with Crippen LogP contribution in [0.4, 0.5) is 0 Å². The number of hydrogen-bond donors (Lipinski definition) is 0. The van der Waals surface area contributed by atoms with Crippen molar-refractivity contribution in [2.75, 3.05) is 20.2 Å². The van der Waals surface area contributed by atoms with Crippen molar-refractivity contribution in [2.24, 2.45) is 0 Å². The number of ether oxygens (including phenoxy) is 1. The summed E-state index contributed by atoms with van der Waals surface area (Å²) in [4.78, 5) is 17.7. The molecule has 4 nitrogen and oxygen atoms in total. The number of pyridine rings is 1. The Kier molecular flexibility index (Phi) is 5.02. The van der Waals surface area contributed by atoms with Crippen molar-refractivity contribution in [1.82, 2.24) is 9.88 Å². The van der Waals surface area contributed by atoms with Crippen LogP contribution in [0.2, 0.25) is 10.3 Å². The summed E-state index contributed by atoms with van der Waals surface area (Å²) in [5, 5.41) is 0.411. The molecule has 0 N–H and O–H groups in total. The zero-order valence-corrected chi connectivity index (χ0v) is 12.2. The molecule has 6 heteroatoms. The molecule has 1 aliphatic heterocycles. The third-order valence-electron chi connectivity index (χ3n) is 3.14. The standard InChI is InChI=1S/C13H16Cl2N2O2/c1-17(8-9-4-2-3-7-19-9)13(18)10-5-6-11(14)16-12(10)15/h5-6,9H,2-4,7-8H2,1H3. The predicted octanol–water partition coefficient (Wildman–Crippen LogP) is 3.03. The lowest BCUT2D eigenvalue weighted by Crippen LogP contribution is -2.37. The molecule has 1 saturated heterocycles. The van der Waals surface area contributed by atoms with Crippen molar-refractivity contribution in [3.8, 4) is 0 Å². The number of rotatable bonds is 3. The number of carbonyl (C=O) groups excluding carboxylic acids is 1. The molecule has 2 rings (SSSR count). The molecule has 104 valence electrons. The zero-order valence-electron chi connectivity index (χ0n) is 10.7. The minimum atomic E-state index is -0.164. The number of likely N-dealkylation sites (N-methyl/N-ethyl adjacent to an activating group) is 1. The second kappa shape index (κ2) is 6.55. The van der Waals surface area contributed by atoms with Crippen LogP contribution in [0.25, 0.3) is 0 Å². The van der Waals surface area contributed by atoms with Gasteiger partial charge in [0.15, 0.2) is 0 Å². The van der Waals surface area contributed by atoms with Crippen LogP contribution >= 0.6 is 23.2 Å². The quantitative estimate of drug-likeness (QED) is 0.806. The van der Waals surface area contributed by atoms with Crippen molar-refractivity contribution < 1.29 is 9.53 Å². The molecule has 1 amide bonds. The van der Waals surface area contributed by atoms with Gasteiger partial charge in [-0.2, -0.15) is 0 Å². The van der Waals surface area contributed by atoms with Gasteiger partial charge in [-0.05, 0) is 31.4 Å². The van der Waals surface area contributed by atoms with Crippen LogP contribution in [-0.2, 0) is 4.74 Å². The van der Waals surface area contributed by atoms with Gasteiger partial charge in [0.05, 0.1) is 11.7 Å². The summed E-state index contributed by atoms with van der Waals surface area (Å²) in [7, 11) is 1.74. The summed E-state index contributed by atoms with van der Waals surface area (Å²) >= 11 is 11.7. The second-order valence-electron chi connectivity index (χ2n) is 4.65. The molecule has 2 heterocycles. The average Bonchev–Trinajstić information content (AvgIpc) is 2.39. The Hall–Kier alpha value is -0.840. The molecule has 1 aliphatic rings. The molecular formula is C13H16Cl2N2O2. The highest BCUT2D eigenvalue weighted by Crippen LogP contribution is 2.19. The number of halogens is 2. The largest absolute Gasteiger partial charge is 0.376 e. The Morgan fingerprint density at radius 1 is 1.47 bits per heavy atom. The van der Waals surface area contributed by atoms with E-state index in [4.69, 9.17) is 27.9 Å². The molecule has 1 aromatic rings. The molecule has 1 atom stereocenters. The van der Waals surface area contributed by atoms with Gasteiger partial charge in [0, 0.05) is 20.2 Å². The molecule has 1 aromatic heterocycles. The van der Waals surface area contributed by atoms with E-state index in [-0.39, 0.29) is 22.3 Å². The van der Waals surface area contributed by atoms with Crippen molar-refractivity contribution in [2.45, 2.75) is 25.4 Å². The molecule has 0 spiro atoms. The fourth-order valence-corrected chi connectivity index (χ4v) is 2.54. The van der Waals surface area contributed by atoms with Crippen molar-refractivity contribution >= 4 is 29.1 Å². The van der Waals surface area contributed by atoms with Gasteiger partial charge in [-0.1, -0.05) is 23.2 Å². The fourth-order valence-electron chi connectivity index (χ4n) is 2.12. The van der Waals surface area contributed by atoms with Gasteiger partial charge in [0.2, 0.25) is 0 Å². The first kappa shape index (κ1) is 14.6. The van der Waals surface area contributed by atoms with Gasteiger partial charge >= 0.3 is 0 Å². The first-order valence-electron chi connectivity index (χ1n) is 6.27. The van der Waals surface area contributed by atoms with E-state index < -0.39 is 0 Å². The Morgan fingerprint density at radius 3 is 2.89 bits per heavy atom. The first-order chi connectivity index (χ1) is 9.08. The van der Waals surface area contributed by atoms with Gasteiger partial charge in [-0.15, -0.1) is 0 Å². The van der Waals surface area contributed by atoms with E-state index in [1.807, 2.05) is 0 Å². The summed E-state index contributed by atoms with van der Waals surface area (Å²) in [5.74, 6) is -0.164. The normalized spacial score (nSPS) is 19.2. The van der Waals surface area contributed by atoms with Crippen LogP contribution in [0.1, 0.15) is 29.6 Å². The lowest BCUT2D eigenvalue weighted by Gasteiger charge is -2.27. The number of aromatic nitrogens is 1. The molecule has 1 fully saturated rings.